The zero-order valence-corrected chi connectivity index (χ0v) is 11.5. The molecule has 0 amide bonds. The van der Waals surface area contributed by atoms with E-state index in [9.17, 15) is 4.79 Å². The minimum Gasteiger partial charge on any atom is -0.481 e. The van der Waals surface area contributed by atoms with Crippen molar-refractivity contribution in [3.63, 3.8) is 0 Å². The summed E-state index contributed by atoms with van der Waals surface area (Å²) in [6.45, 7) is 0. The Hall–Kier alpha value is -0.410. The van der Waals surface area contributed by atoms with Crippen LogP contribution in [0.1, 0.15) is 17.9 Å². The molecule has 0 fully saturated rings. The lowest BCUT2D eigenvalue weighted by Gasteiger charge is -2.13. The average Bonchev–Trinajstić information content (AvgIpc) is 2.19. The Balaban J connectivity index is 3.17. The molecule has 0 aliphatic rings. The Kier molecular flexibility index (Phi) is 5.60. The Labute approximate surface area is 119 Å². The van der Waals surface area contributed by atoms with Crippen molar-refractivity contribution in [2.24, 2.45) is 0 Å². The summed E-state index contributed by atoms with van der Waals surface area (Å²) in [5.74, 6) is -1.49. The standard InChI is InChI=1S/C11H8Cl4O2/c12-8-3-1-2-7(11(8)15)6(4-9(13)14)5-10(16)17/h1-4,6H,5H2,(H,16,17). The van der Waals surface area contributed by atoms with Crippen LogP contribution in [-0.2, 0) is 4.79 Å². The van der Waals surface area contributed by atoms with Crippen LogP contribution in [0.15, 0.2) is 28.8 Å². The van der Waals surface area contributed by atoms with Crippen LogP contribution in [0.5, 0.6) is 0 Å². The number of rotatable bonds is 4. The molecule has 0 spiro atoms. The summed E-state index contributed by atoms with van der Waals surface area (Å²) in [5, 5.41) is 9.50. The first-order chi connectivity index (χ1) is 7.91. The molecule has 0 heterocycles. The van der Waals surface area contributed by atoms with E-state index in [-0.39, 0.29) is 10.9 Å². The van der Waals surface area contributed by atoms with Gasteiger partial charge in [-0.25, -0.2) is 0 Å². The van der Waals surface area contributed by atoms with E-state index in [1.54, 1.807) is 18.2 Å². The lowest BCUT2D eigenvalue weighted by atomic mass is 9.96. The predicted molar refractivity (Wildman–Crippen MR) is 71.2 cm³/mol. The van der Waals surface area contributed by atoms with Gasteiger partial charge in [0.25, 0.3) is 0 Å². The molecule has 0 saturated carbocycles. The lowest BCUT2D eigenvalue weighted by molar-refractivity contribution is -0.137. The number of halogens is 4. The van der Waals surface area contributed by atoms with Crippen LogP contribution in [-0.4, -0.2) is 11.1 Å². The highest BCUT2D eigenvalue weighted by atomic mass is 35.5. The molecule has 1 N–H and O–H groups in total. The van der Waals surface area contributed by atoms with Gasteiger partial charge in [0.2, 0.25) is 0 Å². The third-order valence-electron chi connectivity index (χ3n) is 2.10. The van der Waals surface area contributed by atoms with Crippen molar-refractivity contribution < 1.29 is 9.90 Å². The van der Waals surface area contributed by atoms with Crippen LogP contribution in [0, 0.1) is 0 Å². The molecule has 1 rings (SSSR count). The van der Waals surface area contributed by atoms with E-state index in [0.29, 0.717) is 15.6 Å². The summed E-state index contributed by atoms with van der Waals surface area (Å²) >= 11 is 23.0. The predicted octanol–water partition coefficient (Wildman–Crippen LogP) is 4.87. The maximum absolute atomic E-state index is 10.8. The summed E-state index contributed by atoms with van der Waals surface area (Å²) in [6.07, 6.45) is 1.26. The van der Waals surface area contributed by atoms with Gasteiger partial charge < -0.3 is 5.11 Å². The number of carboxylic acids is 1. The second-order valence-corrected chi connectivity index (χ2v) is 5.10. The van der Waals surface area contributed by atoms with Gasteiger partial charge >= 0.3 is 5.97 Å². The molecule has 1 aromatic carbocycles. The van der Waals surface area contributed by atoms with Crippen molar-refractivity contribution in [1.29, 1.82) is 0 Å². The molecule has 0 aromatic heterocycles. The molecule has 6 heteroatoms. The van der Waals surface area contributed by atoms with Crippen molar-refractivity contribution in [1.82, 2.24) is 0 Å². The molecule has 17 heavy (non-hydrogen) atoms. The minimum atomic E-state index is -0.975. The van der Waals surface area contributed by atoms with Crippen LogP contribution in [0.4, 0.5) is 0 Å². The van der Waals surface area contributed by atoms with Gasteiger partial charge in [0.05, 0.1) is 16.5 Å². The number of carbonyl (C=O) groups is 1. The molecular formula is C11H8Cl4O2. The van der Waals surface area contributed by atoms with Gasteiger partial charge in [-0.1, -0.05) is 58.5 Å². The fraction of sp³-hybridized carbons (Fsp3) is 0.182. The van der Waals surface area contributed by atoms with E-state index in [0.717, 1.165) is 0 Å². The van der Waals surface area contributed by atoms with E-state index in [2.05, 4.69) is 0 Å². The first-order valence-corrected chi connectivity index (χ1v) is 6.11. The number of hydrogen-bond acceptors (Lipinski definition) is 1. The zero-order valence-electron chi connectivity index (χ0n) is 8.46. The summed E-state index contributed by atoms with van der Waals surface area (Å²) in [7, 11) is 0. The van der Waals surface area contributed by atoms with Gasteiger partial charge in [0, 0.05) is 5.92 Å². The average molecular weight is 314 g/mol. The van der Waals surface area contributed by atoms with Crippen LogP contribution < -0.4 is 0 Å². The van der Waals surface area contributed by atoms with E-state index < -0.39 is 11.9 Å². The normalized spacial score (nSPS) is 12.0. The lowest BCUT2D eigenvalue weighted by Crippen LogP contribution is -2.05. The summed E-state index contributed by atoms with van der Waals surface area (Å²) in [4.78, 5) is 10.8. The molecule has 1 aromatic rings. The third-order valence-corrected chi connectivity index (χ3v) is 3.19. The van der Waals surface area contributed by atoms with Crippen LogP contribution in [0.2, 0.25) is 10.0 Å². The van der Waals surface area contributed by atoms with E-state index in [1.165, 1.54) is 6.08 Å². The quantitative estimate of drug-likeness (QED) is 0.861. The molecule has 92 valence electrons. The molecule has 0 aliphatic heterocycles. The van der Waals surface area contributed by atoms with Crippen molar-refractivity contribution >= 4 is 52.4 Å². The van der Waals surface area contributed by atoms with Gasteiger partial charge in [-0.15, -0.1) is 0 Å². The molecular weight excluding hydrogens is 306 g/mol. The van der Waals surface area contributed by atoms with Crippen LogP contribution in [0.3, 0.4) is 0 Å². The molecule has 2 nitrogen and oxygen atoms in total. The molecule has 0 aliphatic carbocycles. The van der Waals surface area contributed by atoms with Crippen molar-refractivity contribution in [3.8, 4) is 0 Å². The second-order valence-electron chi connectivity index (χ2n) is 3.30. The molecule has 0 saturated heterocycles. The Morgan fingerprint density at radius 2 is 2.00 bits per heavy atom. The summed E-state index contributed by atoms with van der Waals surface area (Å²) in [6, 6.07) is 5.00. The Morgan fingerprint density at radius 1 is 1.35 bits per heavy atom. The Morgan fingerprint density at radius 3 is 2.53 bits per heavy atom. The van der Waals surface area contributed by atoms with Crippen LogP contribution in [0.25, 0.3) is 0 Å². The van der Waals surface area contributed by atoms with E-state index in [1.807, 2.05) is 0 Å². The number of benzene rings is 1. The maximum Gasteiger partial charge on any atom is 0.304 e. The van der Waals surface area contributed by atoms with Gasteiger partial charge in [-0.2, -0.15) is 0 Å². The third kappa shape index (κ3) is 4.40. The SMILES string of the molecule is O=C(O)CC(C=C(Cl)Cl)c1cccc(Cl)c1Cl. The first-order valence-electron chi connectivity index (χ1n) is 4.60. The summed E-state index contributed by atoms with van der Waals surface area (Å²) in [5.41, 5.74) is 0.584. The van der Waals surface area contributed by atoms with Gasteiger partial charge in [-0.05, 0) is 17.7 Å². The summed E-state index contributed by atoms with van der Waals surface area (Å²) < 4.78 is -0.00714. The number of hydrogen-bond donors (Lipinski definition) is 1. The fourth-order valence-corrected chi connectivity index (χ4v) is 2.16. The Bertz CT molecular complexity index is 453. The van der Waals surface area contributed by atoms with E-state index >= 15 is 0 Å². The smallest absolute Gasteiger partial charge is 0.304 e. The van der Waals surface area contributed by atoms with Crippen molar-refractivity contribution in [3.05, 3.63) is 44.4 Å². The first kappa shape index (κ1) is 14.7. The van der Waals surface area contributed by atoms with Gasteiger partial charge in [-0.3, -0.25) is 4.79 Å². The molecule has 1 atom stereocenters. The highest BCUT2D eigenvalue weighted by molar-refractivity contribution is 6.55. The number of allylic oxidation sites excluding steroid dienone is 1. The number of carboxylic acid groups (broad SMARTS) is 1. The maximum atomic E-state index is 10.8. The van der Waals surface area contributed by atoms with Gasteiger partial charge in [0.1, 0.15) is 4.49 Å². The molecule has 1 unspecified atom stereocenters. The molecule has 0 bridgehead atoms. The highest BCUT2D eigenvalue weighted by Crippen LogP contribution is 2.34. The highest BCUT2D eigenvalue weighted by Gasteiger charge is 2.18. The van der Waals surface area contributed by atoms with Gasteiger partial charge in [0.15, 0.2) is 0 Å². The second kappa shape index (κ2) is 6.50. The van der Waals surface area contributed by atoms with E-state index in [4.69, 9.17) is 51.5 Å². The minimum absolute atomic E-state index is 0.00714. The monoisotopic (exact) mass is 312 g/mol. The molecule has 0 radical (unpaired) electrons. The fourth-order valence-electron chi connectivity index (χ4n) is 1.41. The van der Waals surface area contributed by atoms with Crippen molar-refractivity contribution in [2.45, 2.75) is 12.3 Å². The largest absolute Gasteiger partial charge is 0.481 e. The number of aliphatic carboxylic acids is 1. The zero-order chi connectivity index (χ0) is 13.0. The topological polar surface area (TPSA) is 37.3 Å². The van der Waals surface area contributed by atoms with Crippen LogP contribution >= 0.6 is 46.4 Å². The van der Waals surface area contributed by atoms with Crippen molar-refractivity contribution in [2.75, 3.05) is 0 Å².